The summed E-state index contributed by atoms with van der Waals surface area (Å²) in [6.45, 7) is 4.50. The molecular weight excluding hydrogens is 124 g/mol. The molecule has 3 rings (SSSR count). The van der Waals surface area contributed by atoms with Crippen molar-refractivity contribution in [2.24, 2.45) is 17.3 Å². The summed E-state index contributed by atoms with van der Waals surface area (Å²) in [5.41, 5.74) is 0.369. The first-order valence-electron chi connectivity index (χ1n) is 3.99. The predicted molar refractivity (Wildman–Crippen MR) is 40.5 cm³/mol. The molecule has 0 unspecified atom stereocenters. The fraction of sp³-hybridized carbons (Fsp3) is 0.778. The summed E-state index contributed by atoms with van der Waals surface area (Å²) in [5, 5.41) is 9.51. The van der Waals surface area contributed by atoms with Crippen LogP contribution < -0.4 is 0 Å². The first-order chi connectivity index (χ1) is 4.64. The zero-order valence-corrected chi connectivity index (χ0v) is 6.54. The van der Waals surface area contributed by atoms with Gasteiger partial charge in [-0.15, -0.1) is 0 Å². The van der Waals surface area contributed by atoms with Crippen molar-refractivity contribution < 1.29 is 5.11 Å². The molecule has 0 heterocycles. The van der Waals surface area contributed by atoms with Crippen molar-refractivity contribution in [3.63, 3.8) is 0 Å². The van der Waals surface area contributed by atoms with Gasteiger partial charge in [0.25, 0.3) is 0 Å². The highest BCUT2D eigenvalue weighted by Crippen LogP contribution is 2.56. The summed E-state index contributed by atoms with van der Waals surface area (Å²) in [6.07, 6.45) is 5.41. The van der Waals surface area contributed by atoms with Crippen LogP contribution >= 0.6 is 0 Å². The lowest BCUT2D eigenvalue weighted by atomic mass is 9.49. The molecule has 1 fully saturated rings. The SMILES string of the molecule is CC1(C)[C@@H]2CC=C[C@H]1[C@@H]2O. The van der Waals surface area contributed by atoms with Gasteiger partial charge in [-0.3, -0.25) is 0 Å². The minimum absolute atomic E-state index is 0.0417. The van der Waals surface area contributed by atoms with Crippen LogP contribution in [0.2, 0.25) is 0 Å². The van der Waals surface area contributed by atoms with Crippen LogP contribution in [0.1, 0.15) is 20.3 Å². The van der Waals surface area contributed by atoms with Gasteiger partial charge in [-0.1, -0.05) is 26.0 Å². The normalized spacial score (nSPS) is 48.5. The van der Waals surface area contributed by atoms with E-state index in [-0.39, 0.29) is 6.10 Å². The summed E-state index contributed by atoms with van der Waals surface area (Å²) in [6, 6.07) is 0. The van der Waals surface area contributed by atoms with Gasteiger partial charge >= 0.3 is 0 Å². The molecule has 0 radical (unpaired) electrons. The topological polar surface area (TPSA) is 20.2 Å². The van der Waals surface area contributed by atoms with Gasteiger partial charge in [0.05, 0.1) is 6.10 Å². The molecule has 0 aromatic heterocycles. The van der Waals surface area contributed by atoms with Gasteiger partial charge in [0.1, 0.15) is 0 Å². The zero-order chi connectivity index (χ0) is 7.35. The van der Waals surface area contributed by atoms with Crippen LogP contribution in [0.25, 0.3) is 0 Å². The number of fused-ring (bicyclic) bond motifs is 1. The van der Waals surface area contributed by atoms with Crippen molar-refractivity contribution >= 4 is 0 Å². The van der Waals surface area contributed by atoms with Crippen LogP contribution in [0.4, 0.5) is 0 Å². The third-order valence-corrected chi connectivity index (χ3v) is 3.33. The molecule has 0 aromatic rings. The Morgan fingerprint density at radius 1 is 1.50 bits per heavy atom. The maximum absolute atomic E-state index is 9.51. The van der Waals surface area contributed by atoms with Gasteiger partial charge in [0.2, 0.25) is 0 Å². The quantitative estimate of drug-likeness (QED) is 0.504. The third-order valence-electron chi connectivity index (χ3n) is 3.33. The first-order valence-corrected chi connectivity index (χ1v) is 3.99. The zero-order valence-electron chi connectivity index (χ0n) is 6.54. The second-order valence-electron chi connectivity index (χ2n) is 4.11. The molecule has 0 amide bonds. The Morgan fingerprint density at radius 2 is 2.20 bits per heavy atom. The maximum atomic E-state index is 9.51. The summed E-state index contributed by atoms with van der Waals surface area (Å²) in [7, 11) is 0. The van der Waals surface area contributed by atoms with Gasteiger partial charge in [0, 0.05) is 5.92 Å². The van der Waals surface area contributed by atoms with Gasteiger partial charge in [-0.05, 0) is 17.8 Å². The Balaban J connectivity index is 2.29. The maximum Gasteiger partial charge on any atom is 0.0644 e. The number of hydrogen-bond donors (Lipinski definition) is 1. The first kappa shape index (κ1) is 6.41. The van der Waals surface area contributed by atoms with Crippen LogP contribution in [0.15, 0.2) is 12.2 Å². The molecule has 2 bridgehead atoms. The van der Waals surface area contributed by atoms with Crippen LogP contribution in [0.5, 0.6) is 0 Å². The number of aliphatic hydroxyl groups is 1. The molecule has 3 atom stereocenters. The second kappa shape index (κ2) is 1.65. The Hall–Kier alpha value is -0.300. The highest BCUT2D eigenvalue weighted by molar-refractivity contribution is 5.18. The number of aliphatic hydroxyl groups excluding tert-OH is 1. The van der Waals surface area contributed by atoms with Crippen molar-refractivity contribution in [3.05, 3.63) is 12.2 Å². The minimum Gasteiger partial charge on any atom is -0.392 e. The molecule has 3 aliphatic carbocycles. The number of allylic oxidation sites excluding steroid dienone is 1. The lowest BCUT2D eigenvalue weighted by Gasteiger charge is -2.57. The Bertz CT molecular complexity index is 181. The summed E-state index contributed by atoms with van der Waals surface area (Å²) >= 11 is 0. The molecule has 1 saturated carbocycles. The number of hydrogen-bond acceptors (Lipinski definition) is 1. The van der Waals surface area contributed by atoms with E-state index < -0.39 is 0 Å². The van der Waals surface area contributed by atoms with E-state index in [2.05, 4.69) is 26.0 Å². The molecule has 1 nitrogen and oxygen atoms in total. The Kier molecular flexibility index (Phi) is 1.06. The number of rotatable bonds is 0. The smallest absolute Gasteiger partial charge is 0.0644 e. The Morgan fingerprint density at radius 3 is 2.40 bits per heavy atom. The standard InChI is InChI=1S/C9H14O/c1-9(2)6-4-3-5-7(9)8(6)10/h3-4,6-8,10H,5H2,1-2H3/t6-,7+,8-/m0/s1. The van der Waals surface area contributed by atoms with E-state index in [0.717, 1.165) is 6.42 Å². The molecule has 1 heteroatoms. The lowest BCUT2D eigenvalue weighted by molar-refractivity contribution is -0.138. The predicted octanol–water partition coefficient (Wildman–Crippen LogP) is 1.58. The van der Waals surface area contributed by atoms with Gasteiger partial charge in [0.15, 0.2) is 0 Å². The minimum atomic E-state index is -0.0417. The second-order valence-corrected chi connectivity index (χ2v) is 4.11. The monoisotopic (exact) mass is 138 g/mol. The van der Waals surface area contributed by atoms with E-state index in [1.54, 1.807) is 0 Å². The fourth-order valence-corrected chi connectivity index (χ4v) is 2.44. The van der Waals surface area contributed by atoms with Crippen molar-refractivity contribution in [2.75, 3.05) is 0 Å². The molecular formula is C9H14O. The van der Waals surface area contributed by atoms with E-state index in [9.17, 15) is 5.11 Å². The lowest BCUT2D eigenvalue weighted by Crippen LogP contribution is -2.58. The van der Waals surface area contributed by atoms with Gasteiger partial charge in [-0.2, -0.15) is 0 Å². The van der Waals surface area contributed by atoms with Crippen molar-refractivity contribution in [2.45, 2.75) is 26.4 Å². The van der Waals surface area contributed by atoms with E-state index in [1.807, 2.05) is 0 Å². The van der Waals surface area contributed by atoms with E-state index >= 15 is 0 Å². The summed E-state index contributed by atoms with van der Waals surface area (Å²) in [4.78, 5) is 0. The van der Waals surface area contributed by atoms with Crippen molar-refractivity contribution in [1.82, 2.24) is 0 Å². The van der Waals surface area contributed by atoms with E-state index in [1.165, 1.54) is 0 Å². The van der Waals surface area contributed by atoms with Crippen LogP contribution in [-0.4, -0.2) is 11.2 Å². The molecule has 0 spiro atoms. The van der Waals surface area contributed by atoms with Crippen molar-refractivity contribution in [1.29, 1.82) is 0 Å². The van der Waals surface area contributed by atoms with E-state index in [4.69, 9.17) is 0 Å². The summed E-state index contributed by atoms with van der Waals surface area (Å²) < 4.78 is 0. The van der Waals surface area contributed by atoms with Crippen molar-refractivity contribution in [3.8, 4) is 0 Å². The average molecular weight is 138 g/mol. The third kappa shape index (κ3) is 0.523. The fourth-order valence-electron chi connectivity index (χ4n) is 2.44. The van der Waals surface area contributed by atoms with Gasteiger partial charge < -0.3 is 5.11 Å². The van der Waals surface area contributed by atoms with Crippen LogP contribution in [0.3, 0.4) is 0 Å². The largest absolute Gasteiger partial charge is 0.392 e. The Labute approximate surface area is 61.8 Å². The van der Waals surface area contributed by atoms with Crippen LogP contribution in [0, 0.1) is 17.3 Å². The van der Waals surface area contributed by atoms with Crippen LogP contribution in [-0.2, 0) is 0 Å². The average Bonchev–Trinajstić information content (AvgIpc) is 1.88. The summed E-state index contributed by atoms with van der Waals surface area (Å²) in [5.74, 6) is 0.966. The molecule has 0 aromatic carbocycles. The van der Waals surface area contributed by atoms with E-state index in [0.29, 0.717) is 17.3 Å². The highest BCUT2D eigenvalue weighted by Gasteiger charge is 2.55. The molecule has 3 aliphatic rings. The molecule has 0 aliphatic heterocycles. The molecule has 10 heavy (non-hydrogen) atoms. The molecule has 1 N–H and O–H groups in total. The highest BCUT2D eigenvalue weighted by atomic mass is 16.3. The van der Waals surface area contributed by atoms with Gasteiger partial charge in [-0.25, -0.2) is 0 Å². The molecule has 56 valence electrons. The molecule has 0 saturated heterocycles.